The molecule has 0 saturated carbocycles. The van der Waals surface area contributed by atoms with Gasteiger partial charge in [0.15, 0.2) is 0 Å². The fraction of sp³-hybridized carbons (Fsp3) is 0.353. The summed E-state index contributed by atoms with van der Waals surface area (Å²) in [6.45, 7) is 3.46. The third-order valence-corrected chi connectivity index (χ3v) is 3.92. The molecule has 1 aromatic carbocycles. The van der Waals surface area contributed by atoms with E-state index in [-0.39, 0.29) is 11.9 Å². The Kier molecular flexibility index (Phi) is 3.95. The second-order valence-electron chi connectivity index (χ2n) is 5.24. The number of likely N-dealkylation sites (tertiary alicyclic amines) is 1. The number of nitrogens with zero attached hydrogens (tertiary/aromatic N) is 1. The van der Waals surface area contributed by atoms with E-state index in [9.17, 15) is 4.79 Å². The van der Waals surface area contributed by atoms with Gasteiger partial charge in [-0.25, -0.2) is 0 Å². The summed E-state index contributed by atoms with van der Waals surface area (Å²) >= 11 is 0. The first kappa shape index (κ1) is 13.7. The van der Waals surface area contributed by atoms with Crippen LogP contribution >= 0.6 is 0 Å². The van der Waals surface area contributed by atoms with Crippen LogP contribution in [-0.2, 0) is 0 Å². The molecule has 2 aromatic rings. The smallest absolute Gasteiger partial charge is 0.270 e. The topological polar surface area (TPSA) is 45.3 Å². The van der Waals surface area contributed by atoms with E-state index in [1.165, 1.54) is 5.56 Å². The summed E-state index contributed by atoms with van der Waals surface area (Å²) in [7, 11) is 0. The summed E-state index contributed by atoms with van der Waals surface area (Å²) in [6, 6.07) is 11.9. The van der Waals surface area contributed by atoms with Gasteiger partial charge in [-0.1, -0.05) is 12.1 Å². The van der Waals surface area contributed by atoms with Crippen molar-refractivity contribution in [3.05, 3.63) is 53.9 Å². The number of benzene rings is 1. The van der Waals surface area contributed by atoms with Crippen molar-refractivity contribution >= 4 is 5.91 Å². The molecule has 4 heteroatoms. The summed E-state index contributed by atoms with van der Waals surface area (Å²) < 4.78 is 5.47. The zero-order chi connectivity index (χ0) is 14.7. The monoisotopic (exact) mass is 284 g/mol. The number of hydrogen-bond donors (Lipinski definition) is 1. The van der Waals surface area contributed by atoms with Crippen LogP contribution in [-0.4, -0.2) is 28.9 Å². The Hall–Kier alpha value is -2.23. The van der Waals surface area contributed by atoms with E-state index < -0.39 is 0 Å². The maximum atomic E-state index is 12.5. The Morgan fingerprint density at radius 1 is 1.33 bits per heavy atom. The number of rotatable bonds is 4. The van der Waals surface area contributed by atoms with E-state index in [2.05, 4.69) is 17.1 Å². The van der Waals surface area contributed by atoms with Gasteiger partial charge in [-0.2, -0.15) is 0 Å². The highest BCUT2D eigenvalue weighted by Gasteiger charge is 2.30. The van der Waals surface area contributed by atoms with Crippen LogP contribution in [0.3, 0.4) is 0 Å². The van der Waals surface area contributed by atoms with Gasteiger partial charge in [0, 0.05) is 12.7 Å². The number of aromatic amines is 1. The third kappa shape index (κ3) is 2.79. The third-order valence-electron chi connectivity index (χ3n) is 3.92. The number of carbonyl (C=O) groups excluding carboxylic acids is 1. The second-order valence-corrected chi connectivity index (χ2v) is 5.24. The van der Waals surface area contributed by atoms with Gasteiger partial charge in [-0.05, 0) is 49.6 Å². The summed E-state index contributed by atoms with van der Waals surface area (Å²) in [5.74, 6) is 0.956. The lowest BCUT2D eigenvalue weighted by atomic mass is 10.0. The van der Waals surface area contributed by atoms with Gasteiger partial charge in [-0.3, -0.25) is 4.79 Å². The molecule has 1 amide bonds. The van der Waals surface area contributed by atoms with Crippen LogP contribution in [0.5, 0.6) is 5.75 Å². The van der Waals surface area contributed by atoms with Gasteiger partial charge in [0.1, 0.15) is 11.4 Å². The van der Waals surface area contributed by atoms with E-state index in [1.54, 1.807) is 6.20 Å². The van der Waals surface area contributed by atoms with E-state index in [0.717, 1.165) is 25.1 Å². The van der Waals surface area contributed by atoms with Gasteiger partial charge < -0.3 is 14.6 Å². The molecule has 0 bridgehead atoms. The molecule has 110 valence electrons. The summed E-state index contributed by atoms with van der Waals surface area (Å²) in [5.41, 5.74) is 1.84. The Morgan fingerprint density at radius 2 is 2.14 bits per heavy atom. The fourth-order valence-corrected chi connectivity index (χ4v) is 2.93. The van der Waals surface area contributed by atoms with Crippen LogP contribution < -0.4 is 4.74 Å². The van der Waals surface area contributed by atoms with Crippen LogP contribution in [0, 0.1) is 0 Å². The summed E-state index contributed by atoms with van der Waals surface area (Å²) in [6.07, 6.45) is 3.85. The summed E-state index contributed by atoms with van der Waals surface area (Å²) in [5, 5.41) is 0. The second kappa shape index (κ2) is 6.04. The fourth-order valence-electron chi connectivity index (χ4n) is 2.93. The standard InChI is InChI=1S/C17H20N2O2/c1-2-21-14-9-7-13(8-10-14)16-6-4-12-19(16)17(20)15-5-3-11-18-15/h3,5,7-11,16,18H,2,4,6,12H2,1H3/t16-/m0/s1. The number of nitrogens with one attached hydrogen (secondary N) is 1. The molecule has 1 aliphatic rings. The lowest BCUT2D eigenvalue weighted by molar-refractivity contribution is 0.0730. The molecule has 1 N–H and O–H groups in total. The Balaban J connectivity index is 1.79. The number of ether oxygens (including phenoxy) is 1. The van der Waals surface area contributed by atoms with Crippen molar-refractivity contribution in [2.24, 2.45) is 0 Å². The Morgan fingerprint density at radius 3 is 2.81 bits per heavy atom. The van der Waals surface area contributed by atoms with Crippen LogP contribution in [0.1, 0.15) is 41.9 Å². The maximum absolute atomic E-state index is 12.5. The van der Waals surface area contributed by atoms with Crippen LogP contribution in [0.15, 0.2) is 42.6 Å². The predicted octanol–water partition coefficient (Wildman–Crippen LogP) is 3.39. The molecule has 1 fully saturated rings. The van der Waals surface area contributed by atoms with Crippen LogP contribution in [0.4, 0.5) is 0 Å². The van der Waals surface area contributed by atoms with Gasteiger partial charge in [0.25, 0.3) is 5.91 Å². The zero-order valence-corrected chi connectivity index (χ0v) is 12.2. The highest BCUT2D eigenvalue weighted by atomic mass is 16.5. The molecular weight excluding hydrogens is 264 g/mol. The lowest BCUT2D eigenvalue weighted by Gasteiger charge is -2.24. The largest absolute Gasteiger partial charge is 0.494 e. The first-order valence-electron chi connectivity index (χ1n) is 7.46. The molecule has 2 heterocycles. The number of carbonyl (C=O) groups is 1. The first-order valence-corrected chi connectivity index (χ1v) is 7.46. The number of aromatic nitrogens is 1. The van der Waals surface area contributed by atoms with Crippen molar-refractivity contribution in [3.8, 4) is 5.75 Å². The maximum Gasteiger partial charge on any atom is 0.270 e. The minimum absolute atomic E-state index is 0.0800. The van der Waals surface area contributed by atoms with E-state index in [1.807, 2.05) is 36.1 Å². The first-order chi connectivity index (χ1) is 10.3. The molecular formula is C17H20N2O2. The summed E-state index contributed by atoms with van der Waals surface area (Å²) in [4.78, 5) is 17.5. The van der Waals surface area contributed by atoms with Crippen LogP contribution in [0.2, 0.25) is 0 Å². The van der Waals surface area contributed by atoms with Gasteiger partial charge in [0.05, 0.1) is 12.6 Å². The number of amides is 1. The van der Waals surface area contributed by atoms with Crippen molar-refractivity contribution in [2.75, 3.05) is 13.2 Å². The highest BCUT2D eigenvalue weighted by molar-refractivity contribution is 5.92. The van der Waals surface area contributed by atoms with E-state index in [4.69, 9.17) is 4.74 Å². The normalized spacial score (nSPS) is 18.0. The SMILES string of the molecule is CCOc1ccc([C@@H]2CCCN2C(=O)c2ccc[nH]2)cc1. The van der Waals surface area contributed by atoms with Crippen molar-refractivity contribution in [1.29, 1.82) is 0 Å². The van der Waals surface area contributed by atoms with Gasteiger partial charge in [-0.15, -0.1) is 0 Å². The predicted molar refractivity (Wildman–Crippen MR) is 81.4 cm³/mol. The molecule has 0 unspecified atom stereocenters. The molecule has 4 nitrogen and oxygen atoms in total. The molecule has 0 aliphatic carbocycles. The minimum Gasteiger partial charge on any atom is -0.494 e. The van der Waals surface area contributed by atoms with Crippen molar-refractivity contribution in [1.82, 2.24) is 9.88 Å². The van der Waals surface area contributed by atoms with Gasteiger partial charge in [0.2, 0.25) is 0 Å². The molecule has 1 aliphatic heterocycles. The zero-order valence-electron chi connectivity index (χ0n) is 12.2. The molecule has 1 atom stereocenters. The minimum atomic E-state index is 0.0800. The van der Waals surface area contributed by atoms with Crippen molar-refractivity contribution < 1.29 is 9.53 Å². The lowest BCUT2D eigenvalue weighted by Crippen LogP contribution is -2.30. The van der Waals surface area contributed by atoms with Crippen LogP contribution in [0.25, 0.3) is 0 Å². The molecule has 1 saturated heterocycles. The Labute approximate surface area is 124 Å². The van der Waals surface area contributed by atoms with E-state index in [0.29, 0.717) is 12.3 Å². The molecule has 0 radical (unpaired) electrons. The van der Waals surface area contributed by atoms with Crippen molar-refractivity contribution in [3.63, 3.8) is 0 Å². The average Bonchev–Trinajstić information content (AvgIpc) is 3.19. The Bertz CT molecular complexity index is 590. The molecule has 0 spiro atoms. The molecule has 21 heavy (non-hydrogen) atoms. The molecule has 3 rings (SSSR count). The van der Waals surface area contributed by atoms with Crippen molar-refractivity contribution in [2.45, 2.75) is 25.8 Å². The van der Waals surface area contributed by atoms with Gasteiger partial charge >= 0.3 is 0 Å². The quantitative estimate of drug-likeness (QED) is 0.935. The number of H-pyrrole nitrogens is 1. The number of hydrogen-bond acceptors (Lipinski definition) is 2. The highest BCUT2D eigenvalue weighted by Crippen LogP contribution is 2.33. The average molecular weight is 284 g/mol. The molecule has 1 aromatic heterocycles. The van der Waals surface area contributed by atoms with E-state index >= 15 is 0 Å².